The fourth-order valence-electron chi connectivity index (χ4n) is 3.68. The summed E-state index contributed by atoms with van der Waals surface area (Å²) >= 11 is -0.159. The summed E-state index contributed by atoms with van der Waals surface area (Å²) in [5, 5.41) is 2.77. The third-order valence-corrected chi connectivity index (χ3v) is 5.77. The molecule has 1 heterocycles. The van der Waals surface area contributed by atoms with Crippen LogP contribution in [0.15, 0.2) is 29.2 Å². The van der Waals surface area contributed by atoms with Crippen molar-refractivity contribution >= 4 is 23.5 Å². The molecular formula is C18H24F3N3OS. The normalized spacial score (nSPS) is 20.2. The van der Waals surface area contributed by atoms with E-state index in [4.69, 9.17) is 0 Å². The van der Waals surface area contributed by atoms with E-state index in [0.717, 1.165) is 13.1 Å². The molecule has 0 aromatic heterocycles. The maximum absolute atomic E-state index is 12.4. The van der Waals surface area contributed by atoms with E-state index in [1.807, 2.05) is 0 Å². The van der Waals surface area contributed by atoms with Crippen LogP contribution in [0.4, 0.5) is 23.7 Å². The standard InChI is InChI=1S/C18H24F3N3OS/c19-18(20,21)26-16-8-6-14(7-9-16)22-17(25)24-12-10-23(11-13-24)15-4-2-1-3-5-15/h6-9,15H,1-5,10-13H2,(H,22,25). The van der Waals surface area contributed by atoms with Gasteiger partial charge in [0.05, 0.1) is 0 Å². The molecule has 3 rings (SSSR count). The van der Waals surface area contributed by atoms with Crippen molar-refractivity contribution in [3.8, 4) is 0 Å². The molecule has 1 saturated carbocycles. The minimum atomic E-state index is -4.30. The number of nitrogens with zero attached hydrogens (tertiary/aromatic N) is 2. The highest BCUT2D eigenvalue weighted by Gasteiger charge is 2.29. The number of thioether (sulfide) groups is 1. The van der Waals surface area contributed by atoms with E-state index < -0.39 is 5.51 Å². The van der Waals surface area contributed by atoms with Gasteiger partial charge in [-0.2, -0.15) is 13.2 Å². The lowest BCUT2D eigenvalue weighted by molar-refractivity contribution is -0.0328. The number of nitrogens with one attached hydrogen (secondary N) is 1. The lowest BCUT2D eigenvalue weighted by Crippen LogP contribution is -2.53. The van der Waals surface area contributed by atoms with Crippen molar-refractivity contribution in [3.63, 3.8) is 0 Å². The van der Waals surface area contributed by atoms with Gasteiger partial charge in [0.25, 0.3) is 0 Å². The predicted molar refractivity (Wildman–Crippen MR) is 97.4 cm³/mol. The minimum Gasteiger partial charge on any atom is -0.322 e. The number of amides is 2. The van der Waals surface area contributed by atoms with Crippen LogP contribution in [0.2, 0.25) is 0 Å². The number of carbonyl (C=O) groups excluding carboxylic acids is 1. The number of piperazine rings is 1. The molecule has 4 nitrogen and oxygen atoms in total. The minimum absolute atomic E-state index is 0.108. The number of rotatable bonds is 3. The van der Waals surface area contributed by atoms with Gasteiger partial charge in [-0.25, -0.2) is 4.79 Å². The Morgan fingerprint density at radius 3 is 2.19 bits per heavy atom. The van der Waals surface area contributed by atoms with Crippen molar-refractivity contribution in [2.24, 2.45) is 0 Å². The summed E-state index contributed by atoms with van der Waals surface area (Å²) in [5.74, 6) is 0. The molecule has 144 valence electrons. The van der Waals surface area contributed by atoms with Crippen LogP contribution in [0.5, 0.6) is 0 Å². The molecular weight excluding hydrogens is 363 g/mol. The van der Waals surface area contributed by atoms with Crippen molar-refractivity contribution < 1.29 is 18.0 Å². The molecule has 0 spiro atoms. The van der Waals surface area contributed by atoms with Crippen LogP contribution in [0, 0.1) is 0 Å². The van der Waals surface area contributed by atoms with E-state index in [1.54, 1.807) is 4.90 Å². The summed E-state index contributed by atoms with van der Waals surface area (Å²) in [6.45, 7) is 3.15. The second kappa shape index (κ2) is 8.52. The molecule has 2 aliphatic rings. The van der Waals surface area contributed by atoms with Crippen molar-refractivity contribution in [2.75, 3.05) is 31.5 Å². The Hall–Kier alpha value is -1.41. The van der Waals surface area contributed by atoms with Crippen LogP contribution >= 0.6 is 11.8 Å². The molecule has 8 heteroatoms. The SMILES string of the molecule is O=C(Nc1ccc(SC(F)(F)F)cc1)N1CCN(C2CCCCC2)CC1. The van der Waals surface area contributed by atoms with E-state index in [2.05, 4.69) is 10.2 Å². The molecule has 1 N–H and O–H groups in total. The van der Waals surface area contributed by atoms with Crippen LogP contribution in [-0.4, -0.2) is 53.6 Å². The number of carbonyl (C=O) groups is 1. The molecule has 26 heavy (non-hydrogen) atoms. The number of alkyl halides is 3. The van der Waals surface area contributed by atoms with Crippen molar-refractivity contribution in [2.45, 2.75) is 48.5 Å². The van der Waals surface area contributed by atoms with Crippen LogP contribution in [0.3, 0.4) is 0 Å². The van der Waals surface area contributed by atoms with Crippen molar-refractivity contribution in [1.82, 2.24) is 9.80 Å². The topological polar surface area (TPSA) is 35.6 Å². The molecule has 1 aromatic rings. The molecule has 0 radical (unpaired) electrons. The van der Waals surface area contributed by atoms with Gasteiger partial charge in [0.2, 0.25) is 0 Å². The Labute approximate surface area is 156 Å². The summed E-state index contributed by atoms with van der Waals surface area (Å²) in [5.41, 5.74) is -3.79. The van der Waals surface area contributed by atoms with Crippen molar-refractivity contribution in [3.05, 3.63) is 24.3 Å². The van der Waals surface area contributed by atoms with Gasteiger partial charge in [0, 0.05) is 42.8 Å². The van der Waals surface area contributed by atoms with Gasteiger partial charge < -0.3 is 10.2 Å². The second-order valence-electron chi connectivity index (χ2n) is 6.82. The Bertz CT molecular complexity index is 595. The van der Waals surface area contributed by atoms with Gasteiger partial charge in [-0.05, 0) is 48.9 Å². The lowest BCUT2D eigenvalue weighted by atomic mass is 9.94. The number of hydrogen-bond acceptors (Lipinski definition) is 3. The van der Waals surface area contributed by atoms with Crippen molar-refractivity contribution in [1.29, 1.82) is 0 Å². The molecule has 2 amide bonds. The Morgan fingerprint density at radius 1 is 1.00 bits per heavy atom. The molecule has 1 aliphatic carbocycles. The maximum Gasteiger partial charge on any atom is 0.446 e. The summed E-state index contributed by atoms with van der Waals surface area (Å²) in [4.78, 5) is 16.8. The van der Waals surface area contributed by atoms with Crippen LogP contribution < -0.4 is 5.32 Å². The maximum atomic E-state index is 12.4. The fraction of sp³-hybridized carbons (Fsp3) is 0.611. The zero-order valence-electron chi connectivity index (χ0n) is 14.6. The number of urea groups is 1. The highest BCUT2D eigenvalue weighted by atomic mass is 32.2. The average molecular weight is 387 g/mol. The molecule has 0 unspecified atom stereocenters. The summed E-state index contributed by atoms with van der Waals surface area (Å²) in [6.07, 6.45) is 6.45. The average Bonchev–Trinajstić information content (AvgIpc) is 2.63. The van der Waals surface area contributed by atoms with Gasteiger partial charge >= 0.3 is 11.5 Å². The Kier molecular flexibility index (Phi) is 6.34. The van der Waals surface area contributed by atoms with E-state index in [1.165, 1.54) is 56.4 Å². The molecule has 2 fully saturated rings. The van der Waals surface area contributed by atoms with Gasteiger partial charge in [0.1, 0.15) is 0 Å². The van der Waals surface area contributed by atoms with Gasteiger partial charge in [-0.1, -0.05) is 19.3 Å². The first-order valence-corrected chi connectivity index (χ1v) is 9.88. The third-order valence-electron chi connectivity index (χ3n) is 5.03. The Morgan fingerprint density at radius 2 is 1.62 bits per heavy atom. The van der Waals surface area contributed by atoms with E-state index >= 15 is 0 Å². The van der Waals surface area contributed by atoms with E-state index in [0.29, 0.717) is 24.8 Å². The van der Waals surface area contributed by atoms with Gasteiger partial charge in [0.15, 0.2) is 0 Å². The third kappa shape index (κ3) is 5.54. The monoisotopic (exact) mass is 387 g/mol. The zero-order valence-corrected chi connectivity index (χ0v) is 15.4. The number of halogens is 3. The molecule has 0 atom stereocenters. The fourth-order valence-corrected chi connectivity index (χ4v) is 4.22. The number of hydrogen-bond donors (Lipinski definition) is 1. The summed E-state index contributed by atoms with van der Waals surface area (Å²) in [6, 6.07) is 6.22. The Balaban J connectivity index is 1.46. The molecule has 1 aromatic carbocycles. The zero-order chi connectivity index (χ0) is 18.6. The first-order chi connectivity index (χ1) is 12.4. The highest BCUT2D eigenvalue weighted by molar-refractivity contribution is 8.00. The van der Waals surface area contributed by atoms with Gasteiger partial charge in [-0.3, -0.25) is 4.90 Å². The predicted octanol–water partition coefficient (Wildman–Crippen LogP) is 4.78. The van der Waals surface area contributed by atoms with Gasteiger partial charge in [-0.15, -0.1) is 0 Å². The smallest absolute Gasteiger partial charge is 0.322 e. The molecule has 1 aliphatic heterocycles. The second-order valence-corrected chi connectivity index (χ2v) is 7.96. The van der Waals surface area contributed by atoms with Crippen LogP contribution in [-0.2, 0) is 0 Å². The van der Waals surface area contributed by atoms with Crippen LogP contribution in [0.25, 0.3) is 0 Å². The molecule has 1 saturated heterocycles. The first kappa shape index (κ1) is 19.4. The first-order valence-electron chi connectivity index (χ1n) is 9.06. The number of anilines is 1. The largest absolute Gasteiger partial charge is 0.446 e. The van der Waals surface area contributed by atoms with E-state index in [-0.39, 0.29) is 22.7 Å². The van der Waals surface area contributed by atoms with Crippen LogP contribution in [0.1, 0.15) is 32.1 Å². The molecule has 0 bridgehead atoms. The summed E-state index contributed by atoms with van der Waals surface area (Å²) < 4.78 is 37.0. The lowest BCUT2D eigenvalue weighted by Gasteiger charge is -2.40. The summed E-state index contributed by atoms with van der Waals surface area (Å²) in [7, 11) is 0. The number of benzene rings is 1. The van der Waals surface area contributed by atoms with E-state index in [9.17, 15) is 18.0 Å². The highest BCUT2D eigenvalue weighted by Crippen LogP contribution is 2.37. The quantitative estimate of drug-likeness (QED) is 0.758.